The summed E-state index contributed by atoms with van der Waals surface area (Å²) in [7, 11) is 3.05. The van der Waals surface area contributed by atoms with E-state index in [9.17, 15) is 9.59 Å². The van der Waals surface area contributed by atoms with E-state index < -0.39 is 0 Å². The first-order valence-electron chi connectivity index (χ1n) is 5.52. The van der Waals surface area contributed by atoms with Crippen LogP contribution in [0, 0.1) is 0 Å². The molecule has 1 aromatic carbocycles. The van der Waals surface area contributed by atoms with Crippen LogP contribution in [0.1, 0.15) is 23.2 Å². The molecule has 1 rings (SSSR count). The molecule has 1 atom stereocenters. The Morgan fingerprint density at radius 2 is 1.94 bits per heavy atom. The molecule has 0 aliphatic carbocycles. The Morgan fingerprint density at radius 3 is 2.47 bits per heavy atom. The molecule has 0 heterocycles. The van der Waals surface area contributed by atoms with Gasteiger partial charge < -0.3 is 10.1 Å². The van der Waals surface area contributed by atoms with Gasteiger partial charge in [-0.1, -0.05) is 30.3 Å². The average molecular weight is 235 g/mol. The van der Waals surface area contributed by atoms with Crippen molar-refractivity contribution >= 4 is 11.8 Å². The minimum atomic E-state index is -0.350. The van der Waals surface area contributed by atoms with Crippen molar-refractivity contribution in [3.05, 3.63) is 35.9 Å². The van der Waals surface area contributed by atoms with Crippen LogP contribution in [0.3, 0.4) is 0 Å². The van der Waals surface area contributed by atoms with E-state index in [4.69, 9.17) is 0 Å². The Bertz CT molecular complexity index is 376. The highest BCUT2D eigenvalue weighted by Gasteiger charge is 2.19. The number of carbonyl (C=O) groups excluding carboxylic acids is 2. The number of ketones is 1. The van der Waals surface area contributed by atoms with E-state index in [0.29, 0.717) is 12.0 Å². The smallest absolute Gasteiger partial charge is 0.305 e. The van der Waals surface area contributed by atoms with Crippen molar-refractivity contribution in [2.24, 2.45) is 0 Å². The summed E-state index contributed by atoms with van der Waals surface area (Å²) in [5.41, 5.74) is 0.650. The molecule has 4 heteroatoms. The SMILES string of the molecule is CNC(CCC(=O)OC)C(=O)c1ccccc1. The Morgan fingerprint density at radius 1 is 1.29 bits per heavy atom. The number of carbonyl (C=O) groups is 2. The zero-order chi connectivity index (χ0) is 12.7. The van der Waals surface area contributed by atoms with Gasteiger partial charge in [0.15, 0.2) is 5.78 Å². The lowest BCUT2D eigenvalue weighted by atomic mass is 10.0. The lowest BCUT2D eigenvalue weighted by Gasteiger charge is -2.14. The molecule has 0 saturated carbocycles. The molecule has 0 aliphatic heterocycles. The summed E-state index contributed by atoms with van der Waals surface area (Å²) < 4.78 is 4.55. The van der Waals surface area contributed by atoms with Gasteiger partial charge >= 0.3 is 5.97 Å². The van der Waals surface area contributed by atoms with E-state index >= 15 is 0 Å². The number of likely N-dealkylation sites (N-methyl/N-ethyl adjacent to an activating group) is 1. The molecule has 1 unspecified atom stereocenters. The standard InChI is InChI=1S/C13H17NO3/c1-14-11(8-9-12(15)17-2)13(16)10-6-4-3-5-7-10/h3-7,11,14H,8-9H2,1-2H3. The fourth-order valence-electron chi connectivity index (χ4n) is 1.57. The quantitative estimate of drug-likeness (QED) is 0.598. The second kappa shape index (κ2) is 6.81. The summed E-state index contributed by atoms with van der Waals surface area (Å²) in [5, 5.41) is 2.92. The highest BCUT2D eigenvalue weighted by molar-refractivity contribution is 6.00. The van der Waals surface area contributed by atoms with E-state index in [-0.39, 0.29) is 24.2 Å². The zero-order valence-corrected chi connectivity index (χ0v) is 10.1. The average Bonchev–Trinajstić information content (AvgIpc) is 2.39. The minimum Gasteiger partial charge on any atom is -0.469 e. The molecule has 0 saturated heterocycles. The molecule has 0 fully saturated rings. The van der Waals surface area contributed by atoms with Gasteiger partial charge in [0.25, 0.3) is 0 Å². The number of rotatable bonds is 6. The third-order valence-corrected chi connectivity index (χ3v) is 2.59. The fourth-order valence-corrected chi connectivity index (χ4v) is 1.57. The molecule has 0 amide bonds. The van der Waals surface area contributed by atoms with Crippen molar-refractivity contribution in [1.82, 2.24) is 5.32 Å². The number of ether oxygens (including phenoxy) is 1. The number of methoxy groups -OCH3 is 1. The van der Waals surface area contributed by atoms with Crippen LogP contribution < -0.4 is 5.32 Å². The molecule has 92 valence electrons. The molecule has 1 aromatic rings. The van der Waals surface area contributed by atoms with Gasteiger partial charge in [-0.2, -0.15) is 0 Å². The monoisotopic (exact) mass is 235 g/mol. The fraction of sp³-hybridized carbons (Fsp3) is 0.385. The van der Waals surface area contributed by atoms with Crippen LogP contribution in [0.15, 0.2) is 30.3 Å². The number of hydrogen-bond donors (Lipinski definition) is 1. The molecule has 0 aliphatic rings. The van der Waals surface area contributed by atoms with Crippen LogP contribution in [-0.2, 0) is 9.53 Å². The molecule has 17 heavy (non-hydrogen) atoms. The topological polar surface area (TPSA) is 55.4 Å². The second-order valence-corrected chi connectivity index (χ2v) is 3.69. The first-order chi connectivity index (χ1) is 8.19. The van der Waals surface area contributed by atoms with Crippen molar-refractivity contribution in [3.8, 4) is 0 Å². The van der Waals surface area contributed by atoms with Gasteiger partial charge in [-0.05, 0) is 13.5 Å². The molecular weight excluding hydrogens is 218 g/mol. The summed E-state index contributed by atoms with van der Waals surface area (Å²) in [6.07, 6.45) is 0.678. The summed E-state index contributed by atoms with van der Waals surface area (Å²) in [6, 6.07) is 8.69. The van der Waals surface area contributed by atoms with Crippen LogP contribution in [-0.4, -0.2) is 32.0 Å². The molecule has 1 N–H and O–H groups in total. The summed E-state index contributed by atoms with van der Waals surface area (Å²) >= 11 is 0. The third kappa shape index (κ3) is 4.00. The summed E-state index contributed by atoms with van der Waals surface area (Å²) in [5.74, 6) is -0.303. The maximum absolute atomic E-state index is 12.1. The number of nitrogens with one attached hydrogen (secondary N) is 1. The molecule has 4 nitrogen and oxygen atoms in total. The molecular formula is C13H17NO3. The van der Waals surface area contributed by atoms with Crippen molar-refractivity contribution in [3.63, 3.8) is 0 Å². The zero-order valence-electron chi connectivity index (χ0n) is 10.1. The van der Waals surface area contributed by atoms with Gasteiger partial charge in [-0.3, -0.25) is 9.59 Å². The van der Waals surface area contributed by atoms with Crippen molar-refractivity contribution in [2.45, 2.75) is 18.9 Å². The molecule has 0 aromatic heterocycles. The van der Waals surface area contributed by atoms with Crippen molar-refractivity contribution in [2.75, 3.05) is 14.2 Å². The number of esters is 1. The van der Waals surface area contributed by atoms with Gasteiger partial charge in [-0.25, -0.2) is 0 Å². The van der Waals surface area contributed by atoms with Gasteiger partial charge in [0.05, 0.1) is 13.2 Å². The second-order valence-electron chi connectivity index (χ2n) is 3.69. The van der Waals surface area contributed by atoms with Crippen molar-refractivity contribution in [1.29, 1.82) is 0 Å². The summed E-state index contributed by atoms with van der Waals surface area (Å²) in [6.45, 7) is 0. The normalized spacial score (nSPS) is 11.9. The van der Waals surface area contributed by atoms with Crippen LogP contribution in [0.4, 0.5) is 0 Å². The van der Waals surface area contributed by atoms with Crippen LogP contribution in [0.2, 0.25) is 0 Å². The first kappa shape index (κ1) is 13.4. The van der Waals surface area contributed by atoms with Gasteiger partial charge in [0.2, 0.25) is 0 Å². The molecule has 0 spiro atoms. The highest BCUT2D eigenvalue weighted by atomic mass is 16.5. The number of hydrogen-bond acceptors (Lipinski definition) is 4. The number of benzene rings is 1. The molecule has 0 radical (unpaired) electrons. The summed E-state index contributed by atoms with van der Waals surface area (Å²) in [4.78, 5) is 23.1. The Labute approximate surface area is 101 Å². The maximum atomic E-state index is 12.1. The van der Waals surface area contributed by atoms with Gasteiger partial charge in [0, 0.05) is 12.0 Å². The third-order valence-electron chi connectivity index (χ3n) is 2.59. The largest absolute Gasteiger partial charge is 0.469 e. The molecule has 0 bridgehead atoms. The Hall–Kier alpha value is -1.68. The number of Topliss-reactive ketones (excluding diaryl/α,β-unsaturated/α-hetero) is 1. The van der Waals surface area contributed by atoms with Crippen molar-refractivity contribution < 1.29 is 14.3 Å². The van der Waals surface area contributed by atoms with Crippen LogP contribution in [0.25, 0.3) is 0 Å². The van der Waals surface area contributed by atoms with Gasteiger partial charge in [0.1, 0.15) is 0 Å². The van der Waals surface area contributed by atoms with E-state index in [2.05, 4.69) is 10.1 Å². The lowest BCUT2D eigenvalue weighted by molar-refractivity contribution is -0.140. The Kier molecular flexibility index (Phi) is 5.36. The maximum Gasteiger partial charge on any atom is 0.305 e. The van der Waals surface area contributed by atoms with Crippen LogP contribution >= 0.6 is 0 Å². The van der Waals surface area contributed by atoms with E-state index in [1.165, 1.54) is 7.11 Å². The van der Waals surface area contributed by atoms with E-state index in [1.54, 1.807) is 19.2 Å². The minimum absolute atomic E-state index is 0.00277. The predicted molar refractivity (Wildman–Crippen MR) is 64.9 cm³/mol. The van der Waals surface area contributed by atoms with E-state index in [1.807, 2.05) is 18.2 Å². The first-order valence-corrected chi connectivity index (χ1v) is 5.52. The predicted octanol–water partition coefficient (Wildman–Crippen LogP) is 1.41. The lowest BCUT2D eigenvalue weighted by Crippen LogP contribution is -2.34. The Balaban J connectivity index is 2.62. The highest BCUT2D eigenvalue weighted by Crippen LogP contribution is 2.08. The van der Waals surface area contributed by atoms with Gasteiger partial charge in [-0.15, -0.1) is 0 Å². The van der Waals surface area contributed by atoms with E-state index in [0.717, 1.165) is 0 Å². The van der Waals surface area contributed by atoms with Crippen LogP contribution in [0.5, 0.6) is 0 Å².